The average molecular weight is 622 g/mol. The Morgan fingerprint density at radius 2 is 0.810 bits per heavy atom. The van der Waals surface area contributed by atoms with Gasteiger partial charge in [-0.15, -0.1) is 0 Å². The van der Waals surface area contributed by atoms with Gasteiger partial charge in [-0.2, -0.15) is 0 Å². The summed E-state index contributed by atoms with van der Waals surface area (Å²) >= 11 is 0. The van der Waals surface area contributed by atoms with E-state index in [1.807, 2.05) is 0 Å². The number of hydrogen-bond acceptors (Lipinski definition) is 4. The molecule has 0 saturated heterocycles. The summed E-state index contributed by atoms with van der Waals surface area (Å²) in [6.07, 6.45) is 0. The molecule has 0 amide bonds. The first-order chi connectivity index (χ1) is 18.8. The van der Waals surface area contributed by atoms with Crippen molar-refractivity contribution in [1.29, 1.82) is 0 Å². The van der Waals surface area contributed by atoms with Crippen LogP contribution in [0.25, 0.3) is 0 Å². The van der Waals surface area contributed by atoms with Gasteiger partial charge in [-0.3, -0.25) is 4.79 Å². The third-order valence-electron chi connectivity index (χ3n) is 7.20. The van der Waals surface area contributed by atoms with Crippen molar-refractivity contribution in [1.82, 2.24) is 29.1 Å². The number of hydrogen-bond donors (Lipinski definition) is 1. The first-order valence-corrected chi connectivity index (χ1v) is 15.3. The monoisotopic (exact) mass is 622 g/mol. The molecule has 1 N–H and O–H groups in total. The van der Waals surface area contributed by atoms with Gasteiger partial charge in [0, 0.05) is 17.1 Å². The van der Waals surface area contributed by atoms with Crippen LogP contribution in [0.5, 0.6) is 0 Å². The molecular formula is C32H55BFeN6O2-. The molecule has 0 aliphatic heterocycles. The molecule has 3 rings (SSSR count). The van der Waals surface area contributed by atoms with Crippen LogP contribution in [0, 0.1) is 5.41 Å². The summed E-state index contributed by atoms with van der Waals surface area (Å²) in [4.78, 5) is 10.0. The van der Waals surface area contributed by atoms with Crippen molar-refractivity contribution in [2.75, 3.05) is 0 Å². The molecular weight excluding hydrogens is 567 g/mol. The molecule has 0 atom stereocenters. The maximum atomic E-state index is 10.0. The summed E-state index contributed by atoms with van der Waals surface area (Å²) in [6, 6.07) is 6.81. The minimum Gasteiger partial charge on any atom is -0.481 e. The predicted molar refractivity (Wildman–Crippen MR) is 170 cm³/mol. The number of nitrogens with zero attached hydrogens (tertiary/aromatic N) is 6. The SMILES string of the molecule is CC(C)(C)C(=O)O.CC(C)c1cc(C(C)C)n([B-](n2nc(C(C)C)cc2C(C)C)n2nc(C(C)C)cc2C(C)C)n1.[Fe]. The Labute approximate surface area is 265 Å². The van der Waals surface area contributed by atoms with E-state index in [9.17, 15) is 4.79 Å². The van der Waals surface area contributed by atoms with Crippen LogP contribution in [-0.2, 0) is 21.9 Å². The van der Waals surface area contributed by atoms with Crippen molar-refractivity contribution in [3.63, 3.8) is 0 Å². The fraction of sp³-hybridized carbons (Fsp3) is 0.688. The molecule has 1 radical (unpaired) electrons. The van der Waals surface area contributed by atoms with Crippen LogP contribution < -0.4 is 0 Å². The molecule has 10 heteroatoms. The van der Waals surface area contributed by atoms with Gasteiger partial charge in [0.25, 0.3) is 7.12 Å². The van der Waals surface area contributed by atoms with Crippen molar-refractivity contribution >= 4 is 13.1 Å². The van der Waals surface area contributed by atoms with Crippen molar-refractivity contribution in [3.8, 4) is 0 Å². The second-order valence-corrected chi connectivity index (χ2v) is 14.1. The van der Waals surface area contributed by atoms with Gasteiger partial charge < -0.3 is 18.9 Å². The topological polar surface area (TPSA) is 90.8 Å². The summed E-state index contributed by atoms with van der Waals surface area (Å²) in [5.41, 5.74) is 6.37. The molecule has 237 valence electrons. The van der Waals surface area contributed by atoms with E-state index in [2.05, 4.69) is 115 Å². The molecule has 3 heterocycles. The maximum Gasteiger partial charge on any atom is 0.308 e. The van der Waals surface area contributed by atoms with Gasteiger partial charge >= 0.3 is 5.97 Å². The van der Waals surface area contributed by atoms with Crippen molar-refractivity contribution < 1.29 is 27.0 Å². The standard InChI is InChI=1S/C27H45BN6.C5H10O2.Fe/c1-16(2)22-13-25(19(7)8)32(29-22)28(33-26(20(9)10)14-23(30-33)17(3)4)34-27(21(11)12)15-24(31-34)18(5)6;1-5(2,3)4(6)7;/h13-21H,1-12H3;1-3H3,(H,6,7);/q-1;;. The molecule has 8 nitrogen and oxygen atoms in total. The summed E-state index contributed by atoms with van der Waals surface area (Å²) in [6.45, 7) is 31.7. The van der Waals surface area contributed by atoms with E-state index in [1.165, 1.54) is 17.1 Å². The first kappa shape index (κ1) is 37.7. The van der Waals surface area contributed by atoms with Gasteiger partial charge in [0.05, 0.1) is 22.5 Å². The smallest absolute Gasteiger partial charge is 0.308 e. The van der Waals surface area contributed by atoms with Crippen molar-refractivity contribution in [2.24, 2.45) is 5.41 Å². The van der Waals surface area contributed by atoms with Crippen LogP contribution in [0.3, 0.4) is 0 Å². The molecule has 0 spiro atoms. The zero-order valence-corrected chi connectivity index (χ0v) is 29.8. The molecule has 3 aromatic heterocycles. The van der Waals surface area contributed by atoms with Gasteiger partial charge in [-0.1, -0.05) is 83.1 Å². The molecule has 0 bridgehead atoms. The summed E-state index contributed by atoms with van der Waals surface area (Å²) in [5, 5.41) is 23.8. The van der Waals surface area contributed by atoms with Crippen LogP contribution in [0.1, 0.15) is 174 Å². The quantitative estimate of drug-likeness (QED) is 0.244. The number of rotatable bonds is 9. The van der Waals surface area contributed by atoms with E-state index in [-0.39, 0.29) is 24.2 Å². The van der Waals surface area contributed by atoms with E-state index in [0.29, 0.717) is 35.5 Å². The second-order valence-electron chi connectivity index (χ2n) is 14.1. The minimum absolute atomic E-state index is 0. The summed E-state index contributed by atoms with van der Waals surface area (Å²) < 4.78 is 6.56. The molecule has 42 heavy (non-hydrogen) atoms. The van der Waals surface area contributed by atoms with E-state index in [1.54, 1.807) is 20.8 Å². The van der Waals surface area contributed by atoms with Crippen LogP contribution in [-0.4, -0.2) is 47.3 Å². The Morgan fingerprint density at radius 3 is 0.952 bits per heavy atom. The van der Waals surface area contributed by atoms with Gasteiger partial charge in [0.1, 0.15) is 0 Å². The Kier molecular flexibility index (Phi) is 13.4. The van der Waals surface area contributed by atoms with Crippen LogP contribution in [0.15, 0.2) is 18.2 Å². The molecule has 0 aromatic carbocycles. The van der Waals surface area contributed by atoms with Gasteiger partial charge in [-0.25, -0.2) is 15.3 Å². The maximum absolute atomic E-state index is 10.0. The van der Waals surface area contributed by atoms with E-state index >= 15 is 0 Å². The Morgan fingerprint density at radius 1 is 0.595 bits per heavy atom. The minimum atomic E-state index is -0.757. The molecule has 0 aliphatic rings. The third kappa shape index (κ3) is 8.85. The normalized spacial score (nSPS) is 12.2. The van der Waals surface area contributed by atoms with Crippen molar-refractivity contribution in [2.45, 2.75) is 139 Å². The largest absolute Gasteiger partial charge is 0.481 e. The van der Waals surface area contributed by atoms with E-state index in [0.717, 1.165) is 17.1 Å². The molecule has 0 aliphatic carbocycles. The van der Waals surface area contributed by atoms with E-state index in [4.69, 9.17) is 20.4 Å². The van der Waals surface area contributed by atoms with Crippen LogP contribution in [0.2, 0.25) is 0 Å². The Balaban J connectivity index is 0.000000981. The van der Waals surface area contributed by atoms with Crippen LogP contribution >= 0.6 is 0 Å². The number of carboxylic acids is 1. The summed E-state index contributed by atoms with van der Waals surface area (Å²) in [5.74, 6) is 1.27. The third-order valence-corrected chi connectivity index (χ3v) is 7.20. The number of carbonyl (C=O) groups is 1. The Bertz CT molecular complexity index is 1160. The van der Waals surface area contributed by atoms with E-state index < -0.39 is 11.4 Å². The molecule has 0 saturated carbocycles. The van der Waals surface area contributed by atoms with Gasteiger partial charge in [-0.05, 0) is 91.6 Å². The molecule has 0 unspecified atom stereocenters. The Hall–Kier alpha value is -2.32. The predicted octanol–water partition coefficient (Wildman–Crippen LogP) is 8.06. The number of aliphatic carboxylic acids is 1. The fourth-order valence-electron chi connectivity index (χ4n) is 4.29. The first-order valence-electron chi connectivity index (χ1n) is 15.3. The second kappa shape index (κ2) is 14.9. The molecule has 0 fully saturated rings. The summed E-state index contributed by atoms with van der Waals surface area (Å²) in [7, 11) is -0.292. The van der Waals surface area contributed by atoms with Gasteiger partial charge in [0.2, 0.25) is 0 Å². The fourth-order valence-corrected chi connectivity index (χ4v) is 4.29. The van der Waals surface area contributed by atoms with Crippen molar-refractivity contribution in [3.05, 3.63) is 52.4 Å². The zero-order valence-electron chi connectivity index (χ0n) is 28.7. The number of carboxylic acid groups (broad SMARTS) is 1. The zero-order chi connectivity index (χ0) is 31.6. The number of aromatic nitrogens is 6. The molecule has 3 aromatic rings. The van der Waals surface area contributed by atoms with Crippen LogP contribution in [0.4, 0.5) is 0 Å². The average Bonchev–Trinajstić information content (AvgIpc) is 3.57. The van der Waals surface area contributed by atoms with Gasteiger partial charge in [0.15, 0.2) is 0 Å².